The Kier molecular flexibility index (Phi) is 3.96. The van der Waals surface area contributed by atoms with E-state index in [0.717, 1.165) is 22.1 Å². The van der Waals surface area contributed by atoms with Crippen molar-refractivity contribution in [1.29, 1.82) is 0 Å². The van der Waals surface area contributed by atoms with Gasteiger partial charge in [-0.1, -0.05) is 12.1 Å². The lowest BCUT2D eigenvalue weighted by Gasteiger charge is -2.26. The van der Waals surface area contributed by atoms with Crippen molar-refractivity contribution in [2.45, 2.75) is 18.6 Å². The molecule has 0 aromatic carbocycles. The molecule has 1 aliphatic rings. The Hall–Kier alpha value is -2.73. The van der Waals surface area contributed by atoms with E-state index in [1.165, 1.54) is 0 Å². The molecule has 1 fully saturated rings. The van der Waals surface area contributed by atoms with Gasteiger partial charge in [-0.05, 0) is 48.1 Å². The van der Waals surface area contributed by atoms with E-state index in [-0.39, 0.29) is 12.1 Å². The summed E-state index contributed by atoms with van der Waals surface area (Å²) in [4.78, 5) is 14.3. The highest BCUT2D eigenvalue weighted by Crippen LogP contribution is 2.38. The predicted molar refractivity (Wildman–Crippen MR) is 96.0 cm³/mol. The average Bonchev–Trinajstić information content (AvgIpc) is 3.25. The van der Waals surface area contributed by atoms with Gasteiger partial charge in [0.15, 0.2) is 5.11 Å². The molecule has 2 atom stereocenters. The molecule has 3 aromatic rings. The second kappa shape index (κ2) is 6.41. The van der Waals surface area contributed by atoms with E-state index < -0.39 is 0 Å². The fraction of sp³-hybridized carbons (Fsp3) is 0.167. The van der Waals surface area contributed by atoms with Gasteiger partial charge in [-0.2, -0.15) is 0 Å². The zero-order valence-corrected chi connectivity index (χ0v) is 13.8. The third-order valence-corrected chi connectivity index (χ3v) is 4.57. The summed E-state index contributed by atoms with van der Waals surface area (Å²) in [5.74, 6) is 0. The van der Waals surface area contributed by atoms with Crippen LogP contribution in [0.25, 0.3) is 0 Å². The van der Waals surface area contributed by atoms with Crippen LogP contribution in [0.3, 0.4) is 0 Å². The van der Waals surface area contributed by atoms with Crippen LogP contribution in [0, 0.1) is 0 Å². The van der Waals surface area contributed by atoms with Crippen molar-refractivity contribution in [2.24, 2.45) is 0 Å². The first-order valence-corrected chi connectivity index (χ1v) is 8.24. The molecular weight excluding hydrogens is 318 g/mol. The largest absolute Gasteiger partial charge is 0.363 e. The molecule has 4 rings (SSSR count). The Morgan fingerprint density at radius 2 is 2.04 bits per heavy atom. The number of H-pyrrole nitrogens is 1. The van der Waals surface area contributed by atoms with Crippen molar-refractivity contribution in [1.82, 2.24) is 25.2 Å². The van der Waals surface area contributed by atoms with Crippen LogP contribution >= 0.6 is 12.2 Å². The molecule has 4 heterocycles. The molecule has 0 spiro atoms. The van der Waals surface area contributed by atoms with E-state index in [9.17, 15) is 0 Å². The maximum Gasteiger partial charge on any atom is 0.170 e. The standard InChI is InChI=1S/C18H17N5S/c24-18-22-16(14-6-1-2-9-20-14)17(15-7-4-10-21-15)23(18)12-13-5-3-8-19-11-13/h1-11,16-17,21H,12H2,(H,22,24). The van der Waals surface area contributed by atoms with E-state index in [0.29, 0.717) is 6.54 Å². The molecule has 2 unspecified atom stereocenters. The first-order chi connectivity index (χ1) is 11.8. The molecule has 5 nitrogen and oxygen atoms in total. The number of hydrogen-bond donors (Lipinski definition) is 2. The fourth-order valence-corrected chi connectivity index (χ4v) is 3.44. The number of pyridine rings is 2. The van der Waals surface area contributed by atoms with Crippen LogP contribution in [0.2, 0.25) is 0 Å². The average molecular weight is 335 g/mol. The van der Waals surface area contributed by atoms with Crippen molar-refractivity contribution < 1.29 is 0 Å². The van der Waals surface area contributed by atoms with Crippen molar-refractivity contribution in [3.63, 3.8) is 0 Å². The monoisotopic (exact) mass is 335 g/mol. The van der Waals surface area contributed by atoms with Crippen LogP contribution in [0.5, 0.6) is 0 Å². The van der Waals surface area contributed by atoms with Gasteiger partial charge in [0.1, 0.15) is 0 Å². The zero-order chi connectivity index (χ0) is 16.4. The number of aromatic amines is 1. The smallest absolute Gasteiger partial charge is 0.170 e. The molecule has 0 bridgehead atoms. The van der Waals surface area contributed by atoms with Gasteiger partial charge in [0.25, 0.3) is 0 Å². The number of thiocarbonyl (C=S) groups is 1. The summed E-state index contributed by atoms with van der Waals surface area (Å²) < 4.78 is 0. The minimum Gasteiger partial charge on any atom is -0.363 e. The number of hydrogen-bond acceptors (Lipinski definition) is 3. The maximum absolute atomic E-state index is 5.62. The molecule has 1 aliphatic heterocycles. The molecule has 3 aromatic heterocycles. The first kappa shape index (κ1) is 14.8. The van der Waals surface area contributed by atoms with E-state index in [4.69, 9.17) is 12.2 Å². The summed E-state index contributed by atoms with van der Waals surface area (Å²) in [6.45, 7) is 0.701. The Balaban J connectivity index is 1.71. The molecule has 2 N–H and O–H groups in total. The highest BCUT2D eigenvalue weighted by atomic mass is 32.1. The molecule has 0 amide bonds. The van der Waals surface area contributed by atoms with Crippen molar-refractivity contribution >= 4 is 17.3 Å². The van der Waals surface area contributed by atoms with Crippen LogP contribution in [0.15, 0.2) is 67.3 Å². The SMILES string of the molecule is S=C1NC(c2ccccn2)C(c2ccc[nH]2)N1Cc1cccnc1. The maximum atomic E-state index is 5.62. The minimum absolute atomic E-state index is 0.00835. The van der Waals surface area contributed by atoms with Crippen molar-refractivity contribution in [3.05, 3.63) is 84.2 Å². The van der Waals surface area contributed by atoms with E-state index >= 15 is 0 Å². The molecule has 6 heteroatoms. The predicted octanol–water partition coefficient (Wildman–Crippen LogP) is 2.98. The number of nitrogens with zero attached hydrogens (tertiary/aromatic N) is 3. The van der Waals surface area contributed by atoms with Gasteiger partial charge in [0, 0.05) is 37.0 Å². The summed E-state index contributed by atoms with van der Waals surface area (Å²) in [6.07, 6.45) is 7.41. The lowest BCUT2D eigenvalue weighted by molar-refractivity contribution is 0.305. The van der Waals surface area contributed by atoms with Crippen LogP contribution < -0.4 is 5.32 Å². The fourth-order valence-electron chi connectivity index (χ4n) is 3.13. The van der Waals surface area contributed by atoms with Gasteiger partial charge in [-0.3, -0.25) is 9.97 Å². The molecule has 1 saturated heterocycles. The van der Waals surface area contributed by atoms with Crippen LogP contribution in [-0.2, 0) is 6.54 Å². The van der Waals surface area contributed by atoms with Gasteiger partial charge >= 0.3 is 0 Å². The summed E-state index contributed by atoms with van der Waals surface area (Å²) in [7, 11) is 0. The second-order valence-electron chi connectivity index (χ2n) is 5.74. The van der Waals surface area contributed by atoms with Gasteiger partial charge < -0.3 is 15.2 Å². The second-order valence-corrected chi connectivity index (χ2v) is 6.13. The minimum atomic E-state index is 0.00835. The highest BCUT2D eigenvalue weighted by molar-refractivity contribution is 7.80. The molecule has 0 radical (unpaired) electrons. The third-order valence-electron chi connectivity index (χ3n) is 4.21. The van der Waals surface area contributed by atoms with Gasteiger partial charge in [0.2, 0.25) is 0 Å². The Bertz CT molecular complexity index is 804. The topological polar surface area (TPSA) is 56.8 Å². The molecular formula is C18H17N5S. The lowest BCUT2D eigenvalue weighted by atomic mass is 10.0. The van der Waals surface area contributed by atoms with Crippen molar-refractivity contribution in [2.75, 3.05) is 0 Å². The van der Waals surface area contributed by atoms with Gasteiger partial charge in [0.05, 0.1) is 17.8 Å². The van der Waals surface area contributed by atoms with Crippen LogP contribution in [-0.4, -0.2) is 25.0 Å². The Morgan fingerprint density at radius 1 is 1.08 bits per heavy atom. The normalized spacial score (nSPS) is 20.2. The zero-order valence-electron chi connectivity index (χ0n) is 13.0. The highest BCUT2D eigenvalue weighted by Gasteiger charge is 2.40. The molecule has 120 valence electrons. The molecule has 24 heavy (non-hydrogen) atoms. The summed E-state index contributed by atoms with van der Waals surface area (Å²) in [5, 5.41) is 4.16. The summed E-state index contributed by atoms with van der Waals surface area (Å²) >= 11 is 5.62. The van der Waals surface area contributed by atoms with E-state index in [2.05, 4.69) is 37.3 Å². The number of aromatic nitrogens is 3. The first-order valence-electron chi connectivity index (χ1n) is 7.83. The van der Waals surface area contributed by atoms with Crippen LogP contribution in [0.4, 0.5) is 0 Å². The Morgan fingerprint density at radius 3 is 2.75 bits per heavy atom. The van der Waals surface area contributed by atoms with E-state index in [1.54, 1.807) is 6.20 Å². The van der Waals surface area contributed by atoms with Gasteiger partial charge in [-0.15, -0.1) is 0 Å². The van der Waals surface area contributed by atoms with E-state index in [1.807, 2.05) is 48.9 Å². The quantitative estimate of drug-likeness (QED) is 0.718. The molecule has 0 saturated carbocycles. The lowest BCUT2D eigenvalue weighted by Crippen LogP contribution is -2.29. The number of rotatable bonds is 4. The van der Waals surface area contributed by atoms with Gasteiger partial charge in [-0.25, -0.2) is 0 Å². The van der Waals surface area contributed by atoms with Crippen LogP contribution in [0.1, 0.15) is 29.0 Å². The summed E-state index contributed by atoms with van der Waals surface area (Å²) in [6, 6.07) is 14.1. The Labute approximate surface area is 145 Å². The van der Waals surface area contributed by atoms with Crippen molar-refractivity contribution in [3.8, 4) is 0 Å². The summed E-state index contributed by atoms with van der Waals surface area (Å²) in [5.41, 5.74) is 3.22. The molecule has 0 aliphatic carbocycles. The number of nitrogens with one attached hydrogen (secondary N) is 2. The third kappa shape index (κ3) is 2.76.